The van der Waals surface area contributed by atoms with E-state index in [1.165, 1.54) is 4.31 Å². The lowest BCUT2D eigenvalue weighted by Crippen LogP contribution is -2.45. The first-order valence-electron chi connectivity index (χ1n) is 10.3. The highest BCUT2D eigenvalue weighted by Crippen LogP contribution is 2.28. The molecule has 0 aliphatic carbocycles. The van der Waals surface area contributed by atoms with Crippen LogP contribution in [0.2, 0.25) is 0 Å². The molecule has 0 aromatic heterocycles. The number of nitrogens with zero attached hydrogens (tertiary/aromatic N) is 2. The lowest BCUT2D eigenvalue weighted by molar-refractivity contribution is -0.135. The van der Waals surface area contributed by atoms with E-state index in [9.17, 15) is 13.2 Å². The van der Waals surface area contributed by atoms with Gasteiger partial charge >= 0.3 is 0 Å². The summed E-state index contributed by atoms with van der Waals surface area (Å²) in [7, 11) is 1.25. The summed E-state index contributed by atoms with van der Waals surface area (Å²) in [6, 6.07) is 12.4. The maximum Gasteiger partial charge on any atom is 0.243 e. The Morgan fingerprint density at radius 1 is 1.13 bits per heavy atom. The van der Waals surface area contributed by atoms with Crippen molar-refractivity contribution in [1.29, 1.82) is 0 Å². The van der Waals surface area contributed by atoms with Crippen LogP contribution in [0.1, 0.15) is 24.0 Å². The Bertz CT molecular complexity index is 1020. The first-order chi connectivity index (χ1) is 14.8. The predicted octanol–water partition coefficient (Wildman–Crippen LogP) is 3.07. The Hall–Kier alpha value is -2.58. The third-order valence-corrected chi connectivity index (χ3v) is 7.55. The molecule has 1 unspecified atom stereocenters. The summed E-state index contributed by atoms with van der Waals surface area (Å²) in [5, 5.41) is 0. The molecule has 1 amide bonds. The molecule has 0 bridgehead atoms. The number of piperidine rings is 1. The van der Waals surface area contributed by atoms with E-state index in [2.05, 4.69) is 0 Å². The molecular weight excluding hydrogens is 416 g/mol. The fraction of sp³-hybridized carbons (Fsp3) is 0.435. The van der Waals surface area contributed by atoms with E-state index in [-0.39, 0.29) is 23.3 Å². The molecule has 0 spiro atoms. The Morgan fingerprint density at radius 3 is 2.45 bits per heavy atom. The second-order valence-corrected chi connectivity index (χ2v) is 9.81. The van der Waals surface area contributed by atoms with Gasteiger partial charge in [0.15, 0.2) is 0 Å². The van der Waals surface area contributed by atoms with E-state index in [4.69, 9.17) is 9.47 Å². The number of amides is 1. The van der Waals surface area contributed by atoms with Gasteiger partial charge in [0.05, 0.1) is 25.0 Å². The molecular formula is C23H30N2O5S. The van der Waals surface area contributed by atoms with Crippen LogP contribution in [0.3, 0.4) is 0 Å². The van der Waals surface area contributed by atoms with E-state index < -0.39 is 10.0 Å². The number of hydrogen-bond acceptors (Lipinski definition) is 5. The molecule has 168 valence electrons. The normalized spacial score (nSPS) is 17.2. The Balaban J connectivity index is 1.69. The van der Waals surface area contributed by atoms with Crippen LogP contribution in [-0.2, 0) is 21.4 Å². The van der Waals surface area contributed by atoms with Gasteiger partial charge < -0.3 is 14.4 Å². The fourth-order valence-electron chi connectivity index (χ4n) is 3.92. The monoisotopic (exact) mass is 446 g/mol. The summed E-state index contributed by atoms with van der Waals surface area (Å²) in [5.41, 5.74) is 1.75. The number of carbonyl (C=O) groups excluding carboxylic acids is 1. The molecule has 7 nitrogen and oxygen atoms in total. The maximum absolute atomic E-state index is 13.2. The lowest BCUT2D eigenvalue weighted by atomic mass is 9.98. The van der Waals surface area contributed by atoms with Crippen molar-refractivity contribution in [1.82, 2.24) is 9.21 Å². The molecule has 2 aromatic carbocycles. The summed E-state index contributed by atoms with van der Waals surface area (Å²) in [4.78, 5) is 14.9. The van der Waals surface area contributed by atoms with Gasteiger partial charge in [-0.1, -0.05) is 12.1 Å². The highest BCUT2D eigenvalue weighted by molar-refractivity contribution is 7.89. The minimum atomic E-state index is -3.68. The third-order valence-electron chi connectivity index (χ3n) is 5.69. The highest BCUT2D eigenvalue weighted by atomic mass is 32.2. The summed E-state index contributed by atoms with van der Waals surface area (Å²) in [5.74, 6) is 1.01. The van der Waals surface area contributed by atoms with Gasteiger partial charge in [-0.3, -0.25) is 4.79 Å². The van der Waals surface area contributed by atoms with Gasteiger partial charge in [0.2, 0.25) is 15.9 Å². The van der Waals surface area contributed by atoms with E-state index in [0.717, 1.165) is 16.9 Å². The fourth-order valence-corrected chi connectivity index (χ4v) is 5.53. The molecule has 0 saturated carbocycles. The van der Waals surface area contributed by atoms with Crippen LogP contribution >= 0.6 is 0 Å². The first kappa shape index (κ1) is 23.1. The van der Waals surface area contributed by atoms with Crippen molar-refractivity contribution in [2.45, 2.75) is 31.2 Å². The summed E-state index contributed by atoms with van der Waals surface area (Å²) < 4.78 is 38.2. The zero-order valence-corrected chi connectivity index (χ0v) is 19.3. The van der Waals surface area contributed by atoms with Crippen LogP contribution in [0.5, 0.6) is 11.5 Å². The average molecular weight is 447 g/mol. The standard InChI is InChI=1S/C23H30N2O5S/c1-17-14-21(11-12-22(17)30-4)31(27,28)25-13-5-6-19(16-25)23(26)24(2)15-18-7-9-20(29-3)10-8-18/h7-12,14,19H,5-6,13,15-16H2,1-4H3. The molecule has 8 heteroatoms. The Morgan fingerprint density at radius 2 is 1.84 bits per heavy atom. The second-order valence-electron chi connectivity index (χ2n) is 7.88. The van der Waals surface area contributed by atoms with Gasteiger partial charge in [-0.25, -0.2) is 8.42 Å². The SMILES string of the molecule is COc1ccc(CN(C)C(=O)C2CCCN(S(=O)(=O)c3ccc(OC)c(C)c3)C2)cc1. The quantitative estimate of drug-likeness (QED) is 0.653. The zero-order valence-electron chi connectivity index (χ0n) is 18.5. The zero-order chi connectivity index (χ0) is 22.6. The molecule has 1 saturated heterocycles. The number of carbonyl (C=O) groups is 1. The van der Waals surface area contributed by atoms with Gasteiger partial charge in [0.1, 0.15) is 11.5 Å². The highest BCUT2D eigenvalue weighted by Gasteiger charge is 2.34. The molecule has 0 radical (unpaired) electrons. The van der Waals surface area contributed by atoms with Crippen molar-refractivity contribution < 1.29 is 22.7 Å². The van der Waals surface area contributed by atoms with Crippen molar-refractivity contribution in [2.75, 3.05) is 34.4 Å². The predicted molar refractivity (Wildman–Crippen MR) is 119 cm³/mol. The van der Waals surface area contributed by atoms with Crippen molar-refractivity contribution in [2.24, 2.45) is 5.92 Å². The van der Waals surface area contributed by atoms with Crippen LogP contribution in [0.4, 0.5) is 0 Å². The summed E-state index contributed by atoms with van der Waals surface area (Å²) >= 11 is 0. The summed E-state index contributed by atoms with van der Waals surface area (Å²) in [6.07, 6.45) is 1.33. The molecule has 31 heavy (non-hydrogen) atoms. The van der Waals surface area contributed by atoms with Gasteiger partial charge in [0, 0.05) is 26.7 Å². The Kier molecular flexibility index (Phi) is 7.23. The van der Waals surface area contributed by atoms with Crippen molar-refractivity contribution in [3.05, 3.63) is 53.6 Å². The molecule has 1 heterocycles. The van der Waals surface area contributed by atoms with Gasteiger partial charge in [0.25, 0.3) is 0 Å². The second kappa shape index (κ2) is 9.70. The maximum atomic E-state index is 13.2. The minimum absolute atomic E-state index is 0.0402. The molecule has 1 aliphatic rings. The van der Waals surface area contributed by atoms with E-state index in [0.29, 0.717) is 31.7 Å². The van der Waals surface area contributed by atoms with Crippen LogP contribution in [-0.4, -0.2) is 57.9 Å². The van der Waals surface area contributed by atoms with E-state index in [1.54, 1.807) is 44.4 Å². The van der Waals surface area contributed by atoms with Crippen molar-refractivity contribution >= 4 is 15.9 Å². The molecule has 1 aliphatic heterocycles. The number of aryl methyl sites for hydroxylation is 1. The van der Waals surface area contributed by atoms with Crippen molar-refractivity contribution in [3.63, 3.8) is 0 Å². The van der Waals surface area contributed by atoms with Crippen LogP contribution < -0.4 is 9.47 Å². The smallest absolute Gasteiger partial charge is 0.243 e. The van der Waals surface area contributed by atoms with E-state index >= 15 is 0 Å². The molecule has 0 N–H and O–H groups in total. The largest absolute Gasteiger partial charge is 0.497 e. The minimum Gasteiger partial charge on any atom is -0.497 e. The van der Waals surface area contributed by atoms with Gasteiger partial charge in [-0.2, -0.15) is 4.31 Å². The van der Waals surface area contributed by atoms with Crippen LogP contribution in [0.15, 0.2) is 47.4 Å². The molecule has 2 aromatic rings. The summed E-state index contributed by atoms with van der Waals surface area (Å²) in [6.45, 7) is 2.89. The number of sulfonamides is 1. The topological polar surface area (TPSA) is 76.2 Å². The number of methoxy groups -OCH3 is 2. The molecule has 1 fully saturated rings. The Labute approximate surface area is 184 Å². The van der Waals surface area contributed by atoms with Crippen molar-refractivity contribution in [3.8, 4) is 11.5 Å². The number of benzene rings is 2. The number of rotatable bonds is 7. The third kappa shape index (κ3) is 5.19. The molecule has 3 rings (SSSR count). The van der Waals surface area contributed by atoms with Crippen LogP contribution in [0, 0.1) is 12.8 Å². The van der Waals surface area contributed by atoms with Gasteiger partial charge in [-0.05, 0) is 61.2 Å². The van der Waals surface area contributed by atoms with Gasteiger partial charge in [-0.15, -0.1) is 0 Å². The first-order valence-corrected chi connectivity index (χ1v) is 11.7. The van der Waals surface area contributed by atoms with Crippen LogP contribution in [0.25, 0.3) is 0 Å². The average Bonchev–Trinajstić information content (AvgIpc) is 2.79. The molecule has 1 atom stereocenters. The van der Waals surface area contributed by atoms with E-state index in [1.807, 2.05) is 31.2 Å². The number of hydrogen-bond donors (Lipinski definition) is 0. The number of ether oxygens (including phenoxy) is 2. The lowest BCUT2D eigenvalue weighted by Gasteiger charge is -2.33.